The van der Waals surface area contributed by atoms with Gasteiger partial charge in [-0.2, -0.15) is 0 Å². The van der Waals surface area contributed by atoms with Crippen LogP contribution >= 0.6 is 35.5 Å². The Bertz CT molecular complexity index is 613. The lowest BCUT2D eigenvalue weighted by Gasteiger charge is -2.24. The molecule has 23 heavy (non-hydrogen) atoms. The molecule has 0 radical (unpaired) electrons. The first kappa shape index (κ1) is 18.3. The van der Waals surface area contributed by atoms with E-state index in [4.69, 9.17) is 0 Å². The predicted octanol–water partition coefficient (Wildman–Crippen LogP) is 3.94. The van der Waals surface area contributed by atoms with Crippen LogP contribution in [0.15, 0.2) is 46.7 Å². The second-order valence-electron chi connectivity index (χ2n) is 5.36. The molecule has 3 nitrogen and oxygen atoms in total. The van der Waals surface area contributed by atoms with Crippen LogP contribution in [-0.4, -0.2) is 25.0 Å². The predicted molar refractivity (Wildman–Crippen MR) is 101 cm³/mol. The van der Waals surface area contributed by atoms with E-state index in [-0.39, 0.29) is 18.3 Å². The molecule has 2 aromatic rings. The van der Waals surface area contributed by atoms with Gasteiger partial charge in [-0.25, -0.2) is 0 Å². The minimum Gasteiger partial charge on any atom is -0.349 e. The lowest BCUT2D eigenvalue weighted by Crippen LogP contribution is -2.42. The van der Waals surface area contributed by atoms with Gasteiger partial charge in [-0.05, 0) is 49.5 Å². The summed E-state index contributed by atoms with van der Waals surface area (Å²) >= 11 is 3.49. The zero-order valence-electron chi connectivity index (χ0n) is 12.8. The Labute approximate surface area is 151 Å². The molecule has 6 heteroatoms. The van der Waals surface area contributed by atoms with Crippen molar-refractivity contribution in [3.8, 4) is 0 Å². The van der Waals surface area contributed by atoms with Gasteiger partial charge >= 0.3 is 0 Å². The maximum atomic E-state index is 12.6. The van der Waals surface area contributed by atoms with Crippen LogP contribution in [0.5, 0.6) is 0 Å². The number of piperidine rings is 1. The van der Waals surface area contributed by atoms with Crippen molar-refractivity contribution in [1.82, 2.24) is 10.6 Å². The van der Waals surface area contributed by atoms with Crippen molar-refractivity contribution >= 4 is 41.4 Å². The van der Waals surface area contributed by atoms with Gasteiger partial charge in [0.2, 0.25) is 0 Å². The summed E-state index contributed by atoms with van der Waals surface area (Å²) in [5, 5.41) is 8.59. The molecule has 3 rings (SSSR count). The van der Waals surface area contributed by atoms with Gasteiger partial charge in [-0.3, -0.25) is 4.79 Å². The quantitative estimate of drug-likeness (QED) is 0.785. The van der Waals surface area contributed by atoms with Crippen molar-refractivity contribution in [3.05, 3.63) is 52.2 Å². The van der Waals surface area contributed by atoms with Crippen LogP contribution in [0.3, 0.4) is 0 Å². The summed E-state index contributed by atoms with van der Waals surface area (Å²) in [7, 11) is 0. The molecule has 1 fully saturated rings. The minimum atomic E-state index is 0. The molecule has 0 atom stereocenters. The van der Waals surface area contributed by atoms with Crippen molar-refractivity contribution in [2.45, 2.75) is 29.5 Å². The SMILES string of the molecule is Cl.O=C(NC1CCNCC1)c1ccccc1SCc1cccs1. The first-order valence-corrected chi connectivity index (χ1v) is 9.45. The molecule has 1 aliphatic heterocycles. The molecule has 0 saturated carbocycles. The Hall–Kier alpha value is -1.01. The summed E-state index contributed by atoms with van der Waals surface area (Å²) in [6.07, 6.45) is 2.02. The highest BCUT2D eigenvalue weighted by Gasteiger charge is 2.18. The fourth-order valence-electron chi connectivity index (χ4n) is 2.55. The summed E-state index contributed by atoms with van der Waals surface area (Å²) in [5.41, 5.74) is 0.794. The molecule has 1 aromatic carbocycles. The first-order chi connectivity index (χ1) is 10.8. The molecule has 0 bridgehead atoms. The average Bonchev–Trinajstić information content (AvgIpc) is 3.07. The first-order valence-electron chi connectivity index (χ1n) is 7.59. The molecular weight excluding hydrogens is 348 g/mol. The Balaban J connectivity index is 0.00000192. The largest absolute Gasteiger partial charge is 0.349 e. The van der Waals surface area contributed by atoms with Crippen molar-refractivity contribution in [3.63, 3.8) is 0 Å². The number of hydrogen-bond donors (Lipinski definition) is 2. The van der Waals surface area contributed by atoms with Gasteiger partial charge in [-0.15, -0.1) is 35.5 Å². The molecule has 1 aromatic heterocycles. The maximum absolute atomic E-state index is 12.6. The van der Waals surface area contributed by atoms with Crippen molar-refractivity contribution in [2.75, 3.05) is 13.1 Å². The number of thioether (sulfide) groups is 1. The van der Waals surface area contributed by atoms with Gasteiger partial charge in [-0.1, -0.05) is 18.2 Å². The third-order valence-electron chi connectivity index (χ3n) is 3.76. The van der Waals surface area contributed by atoms with E-state index < -0.39 is 0 Å². The number of nitrogens with one attached hydrogen (secondary N) is 2. The number of carbonyl (C=O) groups is 1. The maximum Gasteiger partial charge on any atom is 0.252 e. The fourth-order valence-corrected chi connectivity index (χ4v) is 4.38. The molecule has 0 spiro atoms. The number of rotatable bonds is 5. The Morgan fingerprint density at radius 2 is 2.00 bits per heavy atom. The third-order valence-corrected chi connectivity index (χ3v) is 5.94. The fraction of sp³-hybridized carbons (Fsp3) is 0.353. The van der Waals surface area contributed by atoms with E-state index in [1.165, 1.54) is 4.88 Å². The van der Waals surface area contributed by atoms with E-state index >= 15 is 0 Å². The number of halogens is 1. The topological polar surface area (TPSA) is 41.1 Å². The molecule has 124 valence electrons. The second kappa shape index (κ2) is 9.33. The molecule has 2 heterocycles. The normalized spacial score (nSPS) is 15.0. The highest BCUT2D eigenvalue weighted by molar-refractivity contribution is 7.98. The monoisotopic (exact) mass is 368 g/mol. The molecule has 1 amide bonds. The van der Waals surface area contributed by atoms with Crippen LogP contribution in [0.25, 0.3) is 0 Å². The Kier molecular flexibility index (Phi) is 7.43. The standard InChI is InChI=1S/C17H20N2OS2.ClH/c20-17(19-13-7-9-18-10-8-13)15-5-1-2-6-16(15)22-12-14-4-3-11-21-14;/h1-6,11,13,18H,7-10,12H2,(H,19,20);1H. The van der Waals surface area contributed by atoms with Gasteiger partial charge in [0.25, 0.3) is 5.91 Å². The smallest absolute Gasteiger partial charge is 0.252 e. The van der Waals surface area contributed by atoms with Crippen molar-refractivity contribution < 1.29 is 4.79 Å². The lowest BCUT2D eigenvalue weighted by atomic mass is 10.1. The zero-order chi connectivity index (χ0) is 15.2. The lowest BCUT2D eigenvalue weighted by molar-refractivity contribution is 0.0926. The molecule has 0 aliphatic carbocycles. The zero-order valence-corrected chi connectivity index (χ0v) is 15.2. The number of hydrogen-bond acceptors (Lipinski definition) is 4. The van der Waals surface area contributed by atoms with Gasteiger partial charge in [0.05, 0.1) is 5.56 Å². The van der Waals surface area contributed by atoms with Crippen molar-refractivity contribution in [1.29, 1.82) is 0 Å². The van der Waals surface area contributed by atoms with Crippen LogP contribution in [0, 0.1) is 0 Å². The average molecular weight is 369 g/mol. The number of benzene rings is 1. The summed E-state index contributed by atoms with van der Waals surface area (Å²) in [4.78, 5) is 14.9. The van der Waals surface area contributed by atoms with Crippen LogP contribution < -0.4 is 10.6 Å². The summed E-state index contributed by atoms with van der Waals surface area (Å²) in [5.74, 6) is 0.969. The van der Waals surface area contributed by atoms with Crippen molar-refractivity contribution in [2.24, 2.45) is 0 Å². The van der Waals surface area contributed by atoms with Crippen LogP contribution in [0.2, 0.25) is 0 Å². The van der Waals surface area contributed by atoms with Crippen LogP contribution in [0.1, 0.15) is 28.1 Å². The highest BCUT2D eigenvalue weighted by Crippen LogP contribution is 2.28. The van der Waals surface area contributed by atoms with E-state index in [9.17, 15) is 4.79 Å². The minimum absolute atomic E-state index is 0. The summed E-state index contributed by atoms with van der Waals surface area (Å²) < 4.78 is 0. The molecule has 1 aliphatic rings. The molecule has 1 saturated heterocycles. The Morgan fingerprint density at radius 3 is 2.74 bits per heavy atom. The van der Waals surface area contributed by atoms with Crippen LogP contribution in [0.4, 0.5) is 0 Å². The van der Waals surface area contributed by atoms with E-state index in [1.54, 1.807) is 23.1 Å². The van der Waals surface area contributed by atoms with E-state index in [2.05, 4.69) is 28.1 Å². The Morgan fingerprint density at radius 1 is 1.22 bits per heavy atom. The van der Waals surface area contributed by atoms with E-state index in [0.29, 0.717) is 6.04 Å². The van der Waals surface area contributed by atoms with Crippen LogP contribution in [-0.2, 0) is 5.75 Å². The van der Waals surface area contributed by atoms with Gasteiger partial charge in [0.1, 0.15) is 0 Å². The van der Waals surface area contributed by atoms with Gasteiger partial charge in [0.15, 0.2) is 0 Å². The summed E-state index contributed by atoms with van der Waals surface area (Å²) in [6.45, 7) is 1.97. The summed E-state index contributed by atoms with van der Waals surface area (Å²) in [6, 6.07) is 12.4. The molecule has 0 unspecified atom stereocenters. The highest BCUT2D eigenvalue weighted by atomic mass is 35.5. The van der Waals surface area contributed by atoms with Gasteiger partial charge < -0.3 is 10.6 Å². The van der Waals surface area contributed by atoms with E-state index in [0.717, 1.165) is 42.1 Å². The second-order valence-corrected chi connectivity index (χ2v) is 7.41. The van der Waals surface area contributed by atoms with Gasteiger partial charge in [0, 0.05) is 21.6 Å². The van der Waals surface area contributed by atoms with E-state index in [1.807, 2.05) is 24.3 Å². The number of thiophene rings is 1. The number of carbonyl (C=O) groups excluding carboxylic acids is 1. The third kappa shape index (κ3) is 5.24. The number of amides is 1. The molecule has 2 N–H and O–H groups in total. The molecular formula is C17H21ClN2OS2.